The maximum absolute atomic E-state index is 9.98. The summed E-state index contributed by atoms with van der Waals surface area (Å²) < 4.78 is 4.95. The number of halogens is 1. The van der Waals surface area contributed by atoms with Crippen LogP contribution in [0.15, 0.2) is 18.2 Å². The first kappa shape index (κ1) is 12.5. The SMILES string of the molecule is COCC(C)(O)Cc1ccc(C)cc1Cl. The molecule has 15 heavy (non-hydrogen) atoms. The number of rotatable bonds is 4. The van der Waals surface area contributed by atoms with Gasteiger partial charge in [0.25, 0.3) is 0 Å². The Labute approximate surface area is 95.8 Å². The van der Waals surface area contributed by atoms with Gasteiger partial charge in [-0.05, 0) is 31.0 Å². The molecule has 3 heteroatoms. The molecular formula is C12H17ClO2. The van der Waals surface area contributed by atoms with Gasteiger partial charge in [-0.2, -0.15) is 0 Å². The van der Waals surface area contributed by atoms with Gasteiger partial charge in [-0.3, -0.25) is 0 Å². The summed E-state index contributed by atoms with van der Waals surface area (Å²) >= 11 is 6.08. The molecule has 0 radical (unpaired) electrons. The zero-order valence-electron chi connectivity index (χ0n) is 9.38. The third-order valence-corrected chi connectivity index (χ3v) is 2.59. The van der Waals surface area contributed by atoms with Crippen LogP contribution in [-0.2, 0) is 11.2 Å². The van der Waals surface area contributed by atoms with E-state index in [4.69, 9.17) is 16.3 Å². The Balaban J connectivity index is 2.80. The van der Waals surface area contributed by atoms with Crippen molar-refractivity contribution in [2.75, 3.05) is 13.7 Å². The normalized spacial score (nSPS) is 15.0. The van der Waals surface area contributed by atoms with E-state index in [-0.39, 0.29) is 0 Å². The van der Waals surface area contributed by atoms with E-state index in [9.17, 15) is 5.11 Å². The van der Waals surface area contributed by atoms with Crippen molar-refractivity contribution in [3.8, 4) is 0 Å². The highest BCUT2D eigenvalue weighted by atomic mass is 35.5. The number of aryl methyl sites for hydroxylation is 1. The van der Waals surface area contributed by atoms with Gasteiger partial charge in [-0.15, -0.1) is 0 Å². The van der Waals surface area contributed by atoms with E-state index in [1.54, 1.807) is 14.0 Å². The topological polar surface area (TPSA) is 29.5 Å². The maximum atomic E-state index is 9.98. The van der Waals surface area contributed by atoms with Gasteiger partial charge in [-0.1, -0.05) is 23.7 Å². The van der Waals surface area contributed by atoms with Crippen LogP contribution in [0, 0.1) is 6.92 Å². The molecule has 1 aromatic carbocycles. The molecule has 1 aromatic rings. The van der Waals surface area contributed by atoms with E-state index in [0.717, 1.165) is 11.1 Å². The molecular weight excluding hydrogens is 212 g/mol. The predicted molar refractivity (Wildman–Crippen MR) is 62.4 cm³/mol. The van der Waals surface area contributed by atoms with Gasteiger partial charge in [0.15, 0.2) is 0 Å². The lowest BCUT2D eigenvalue weighted by molar-refractivity contribution is -0.0160. The van der Waals surface area contributed by atoms with E-state index in [1.807, 2.05) is 25.1 Å². The second-order valence-corrected chi connectivity index (χ2v) is 4.61. The quantitative estimate of drug-likeness (QED) is 0.859. The molecule has 0 aromatic heterocycles. The minimum absolute atomic E-state index is 0.303. The minimum atomic E-state index is -0.867. The average Bonchev–Trinajstić information content (AvgIpc) is 2.09. The van der Waals surface area contributed by atoms with Crippen LogP contribution in [0.5, 0.6) is 0 Å². The van der Waals surface area contributed by atoms with Crippen LogP contribution in [0.3, 0.4) is 0 Å². The first-order valence-electron chi connectivity index (χ1n) is 4.91. The molecule has 0 heterocycles. The van der Waals surface area contributed by atoms with Crippen LogP contribution < -0.4 is 0 Å². The molecule has 0 saturated heterocycles. The van der Waals surface area contributed by atoms with Crippen molar-refractivity contribution in [1.82, 2.24) is 0 Å². The van der Waals surface area contributed by atoms with Crippen molar-refractivity contribution in [1.29, 1.82) is 0 Å². The summed E-state index contributed by atoms with van der Waals surface area (Å²) in [7, 11) is 1.57. The average molecular weight is 229 g/mol. The molecule has 0 aliphatic heterocycles. The monoisotopic (exact) mass is 228 g/mol. The minimum Gasteiger partial charge on any atom is -0.387 e. The lowest BCUT2D eigenvalue weighted by atomic mass is 9.97. The molecule has 0 saturated carbocycles. The highest BCUT2D eigenvalue weighted by Crippen LogP contribution is 2.22. The zero-order valence-corrected chi connectivity index (χ0v) is 10.1. The Kier molecular flexibility index (Phi) is 4.14. The van der Waals surface area contributed by atoms with Gasteiger partial charge in [0.1, 0.15) is 0 Å². The molecule has 1 rings (SSSR count). The fraction of sp³-hybridized carbons (Fsp3) is 0.500. The molecule has 2 nitrogen and oxygen atoms in total. The molecule has 0 fully saturated rings. The van der Waals surface area contributed by atoms with Crippen LogP contribution >= 0.6 is 11.6 Å². The molecule has 1 unspecified atom stereocenters. The summed E-state index contributed by atoms with van der Waals surface area (Å²) in [5, 5.41) is 10.7. The highest BCUT2D eigenvalue weighted by Gasteiger charge is 2.21. The van der Waals surface area contributed by atoms with Gasteiger partial charge in [0.05, 0.1) is 12.2 Å². The maximum Gasteiger partial charge on any atom is 0.0892 e. The summed E-state index contributed by atoms with van der Waals surface area (Å²) in [6.45, 7) is 4.03. The van der Waals surface area contributed by atoms with Crippen LogP contribution in [-0.4, -0.2) is 24.4 Å². The molecule has 1 N–H and O–H groups in total. The summed E-state index contributed by atoms with van der Waals surface area (Å²) in [6.07, 6.45) is 0.500. The highest BCUT2D eigenvalue weighted by molar-refractivity contribution is 6.31. The standard InChI is InChI=1S/C12H17ClO2/c1-9-4-5-10(11(13)6-9)7-12(2,14)8-15-3/h4-6,14H,7-8H2,1-3H3. The van der Waals surface area contributed by atoms with Gasteiger partial charge < -0.3 is 9.84 Å². The van der Waals surface area contributed by atoms with Crippen LogP contribution in [0.1, 0.15) is 18.1 Å². The first-order chi connectivity index (χ1) is 6.94. The molecule has 1 atom stereocenters. The molecule has 0 bridgehead atoms. The van der Waals surface area contributed by atoms with Crippen molar-refractivity contribution in [3.63, 3.8) is 0 Å². The molecule has 0 aliphatic rings. The Hall–Kier alpha value is -0.570. The predicted octanol–water partition coefficient (Wildman–Crippen LogP) is 2.59. The Morgan fingerprint density at radius 1 is 1.47 bits per heavy atom. The summed E-state index contributed by atoms with van der Waals surface area (Å²) in [6, 6.07) is 5.84. The number of hydrogen-bond donors (Lipinski definition) is 1. The van der Waals surface area contributed by atoms with Gasteiger partial charge >= 0.3 is 0 Å². The first-order valence-corrected chi connectivity index (χ1v) is 5.29. The third kappa shape index (κ3) is 3.82. The number of aliphatic hydroxyl groups is 1. The van der Waals surface area contributed by atoms with Crippen molar-refractivity contribution in [3.05, 3.63) is 34.3 Å². The van der Waals surface area contributed by atoms with Gasteiger partial charge in [0, 0.05) is 18.6 Å². The van der Waals surface area contributed by atoms with Crippen LogP contribution in [0.25, 0.3) is 0 Å². The number of methoxy groups -OCH3 is 1. The van der Waals surface area contributed by atoms with Crippen molar-refractivity contribution >= 4 is 11.6 Å². The zero-order chi connectivity index (χ0) is 11.5. The molecule has 0 aliphatic carbocycles. The van der Waals surface area contributed by atoms with Gasteiger partial charge in [-0.25, -0.2) is 0 Å². The summed E-state index contributed by atoms with van der Waals surface area (Å²) in [5.41, 5.74) is 1.20. The van der Waals surface area contributed by atoms with Crippen molar-refractivity contribution in [2.45, 2.75) is 25.9 Å². The second kappa shape index (κ2) is 4.97. The number of hydrogen-bond acceptors (Lipinski definition) is 2. The Bertz CT molecular complexity index is 334. The fourth-order valence-corrected chi connectivity index (χ4v) is 1.87. The largest absolute Gasteiger partial charge is 0.387 e. The van der Waals surface area contributed by atoms with Gasteiger partial charge in [0.2, 0.25) is 0 Å². The smallest absolute Gasteiger partial charge is 0.0892 e. The number of ether oxygens (including phenoxy) is 1. The third-order valence-electron chi connectivity index (χ3n) is 2.24. The lowest BCUT2D eigenvalue weighted by Crippen LogP contribution is -2.32. The summed E-state index contributed by atoms with van der Waals surface area (Å²) in [5.74, 6) is 0. The summed E-state index contributed by atoms with van der Waals surface area (Å²) in [4.78, 5) is 0. The van der Waals surface area contributed by atoms with E-state index in [2.05, 4.69) is 0 Å². The fourth-order valence-electron chi connectivity index (χ4n) is 1.57. The van der Waals surface area contributed by atoms with Crippen LogP contribution in [0.2, 0.25) is 5.02 Å². The lowest BCUT2D eigenvalue weighted by Gasteiger charge is -2.22. The van der Waals surface area contributed by atoms with E-state index in [0.29, 0.717) is 18.1 Å². The van der Waals surface area contributed by atoms with Crippen LogP contribution in [0.4, 0.5) is 0 Å². The van der Waals surface area contributed by atoms with E-state index >= 15 is 0 Å². The van der Waals surface area contributed by atoms with Crippen molar-refractivity contribution in [2.24, 2.45) is 0 Å². The van der Waals surface area contributed by atoms with E-state index in [1.165, 1.54) is 0 Å². The number of benzene rings is 1. The molecule has 0 spiro atoms. The van der Waals surface area contributed by atoms with E-state index < -0.39 is 5.60 Å². The molecule has 84 valence electrons. The second-order valence-electron chi connectivity index (χ2n) is 4.20. The van der Waals surface area contributed by atoms with Crippen molar-refractivity contribution < 1.29 is 9.84 Å². The molecule has 0 amide bonds. The Morgan fingerprint density at radius 2 is 2.13 bits per heavy atom. The Morgan fingerprint density at radius 3 is 2.67 bits per heavy atom.